The number of aryl methyl sites for hydroxylation is 1. The van der Waals surface area contributed by atoms with Crippen LogP contribution in [0.4, 0.5) is 10.1 Å². The van der Waals surface area contributed by atoms with Gasteiger partial charge in [0.15, 0.2) is 6.10 Å². The molecule has 9 heteroatoms. The summed E-state index contributed by atoms with van der Waals surface area (Å²) in [5.41, 5.74) is 1.44. The van der Waals surface area contributed by atoms with E-state index in [2.05, 4.69) is 5.32 Å². The largest absolute Gasteiger partial charge is 0.449 e. The molecule has 0 radical (unpaired) electrons. The maximum Gasteiger partial charge on any atom is 0.338 e. The lowest BCUT2D eigenvalue weighted by Gasteiger charge is -2.26. The van der Waals surface area contributed by atoms with Crippen molar-refractivity contribution < 1.29 is 27.1 Å². The summed E-state index contributed by atoms with van der Waals surface area (Å²) in [5, 5.41) is 2.63. The number of sulfonamides is 1. The monoisotopic (exact) mass is 448 g/mol. The molecule has 2 aromatic carbocycles. The Kier molecular flexibility index (Phi) is 7.07. The highest BCUT2D eigenvalue weighted by Crippen LogP contribution is 2.24. The van der Waals surface area contributed by atoms with E-state index in [-0.39, 0.29) is 5.56 Å². The molecule has 0 saturated carbocycles. The van der Waals surface area contributed by atoms with Crippen LogP contribution in [0.3, 0.4) is 0 Å². The van der Waals surface area contributed by atoms with E-state index in [9.17, 15) is 22.4 Å². The van der Waals surface area contributed by atoms with Gasteiger partial charge in [-0.2, -0.15) is 4.31 Å². The maximum atomic E-state index is 14.3. The van der Waals surface area contributed by atoms with Crippen molar-refractivity contribution in [2.24, 2.45) is 0 Å². The third-order valence-corrected chi connectivity index (χ3v) is 6.99. The fourth-order valence-corrected chi connectivity index (χ4v) is 4.84. The topological polar surface area (TPSA) is 92.8 Å². The number of hydrogen-bond acceptors (Lipinski definition) is 5. The second kappa shape index (κ2) is 9.57. The van der Waals surface area contributed by atoms with Gasteiger partial charge in [0.2, 0.25) is 10.0 Å². The Labute approximate surface area is 181 Å². The van der Waals surface area contributed by atoms with Gasteiger partial charge in [0.25, 0.3) is 5.91 Å². The summed E-state index contributed by atoms with van der Waals surface area (Å²) in [6, 6.07) is 10.1. The van der Waals surface area contributed by atoms with Crippen LogP contribution in [0, 0.1) is 12.7 Å². The van der Waals surface area contributed by atoms with Gasteiger partial charge in [-0.3, -0.25) is 4.79 Å². The van der Waals surface area contributed by atoms with Crippen molar-refractivity contribution in [3.8, 4) is 0 Å². The molecule has 1 amide bonds. The first-order valence-corrected chi connectivity index (χ1v) is 11.5. The first-order chi connectivity index (χ1) is 14.7. The molecule has 31 heavy (non-hydrogen) atoms. The highest BCUT2D eigenvalue weighted by molar-refractivity contribution is 7.89. The number of nitrogens with one attached hydrogen (secondary N) is 1. The summed E-state index contributed by atoms with van der Waals surface area (Å²) >= 11 is 0. The Hall–Kier alpha value is -2.78. The molecule has 0 bridgehead atoms. The van der Waals surface area contributed by atoms with Gasteiger partial charge in [0, 0.05) is 18.8 Å². The summed E-state index contributed by atoms with van der Waals surface area (Å²) in [6.07, 6.45) is 1.19. The maximum absolute atomic E-state index is 14.3. The number of amides is 1. The average Bonchev–Trinajstić information content (AvgIpc) is 2.76. The molecule has 1 heterocycles. The van der Waals surface area contributed by atoms with Gasteiger partial charge in [-0.1, -0.05) is 24.1 Å². The van der Waals surface area contributed by atoms with E-state index in [0.717, 1.165) is 30.2 Å². The van der Waals surface area contributed by atoms with E-state index in [1.165, 1.54) is 11.2 Å². The SMILES string of the molecule is Cc1ccc(NC(=O)[C@H](C)OC(=O)c2ccc(F)c(S(=O)(=O)N3CCCCC3)c2)cc1. The molecule has 1 aliphatic heterocycles. The van der Waals surface area contributed by atoms with Crippen molar-refractivity contribution in [2.75, 3.05) is 18.4 Å². The van der Waals surface area contributed by atoms with Gasteiger partial charge in [-0.05, 0) is 57.0 Å². The molecule has 1 fully saturated rings. The molecule has 166 valence electrons. The number of hydrogen-bond donors (Lipinski definition) is 1. The number of carbonyl (C=O) groups is 2. The van der Waals surface area contributed by atoms with Crippen LogP contribution in [0.15, 0.2) is 47.4 Å². The van der Waals surface area contributed by atoms with Crippen LogP contribution < -0.4 is 5.32 Å². The first-order valence-electron chi connectivity index (χ1n) is 10.1. The number of halogens is 1. The third-order valence-electron chi connectivity index (χ3n) is 5.07. The zero-order valence-corrected chi connectivity index (χ0v) is 18.2. The Bertz CT molecular complexity index is 1060. The van der Waals surface area contributed by atoms with Crippen LogP contribution in [-0.4, -0.2) is 43.8 Å². The summed E-state index contributed by atoms with van der Waals surface area (Å²) in [4.78, 5) is 24.2. The van der Waals surface area contributed by atoms with Gasteiger partial charge in [0.1, 0.15) is 10.7 Å². The quantitative estimate of drug-likeness (QED) is 0.683. The van der Waals surface area contributed by atoms with Crippen molar-refractivity contribution in [1.29, 1.82) is 0 Å². The molecule has 1 atom stereocenters. The first kappa shape index (κ1) is 22.9. The fraction of sp³-hybridized carbons (Fsp3) is 0.364. The van der Waals surface area contributed by atoms with Crippen LogP contribution in [0.1, 0.15) is 42.1 Å². The van der Waals surface area contributed by atoms with Crippen LogP contribution in [-0.2, 0) is 19.6 Å². The van der Waals surface area contributed by atoms with Gasteiger partial charge >= 0.3 is 5.97 Å². The van der Waals surface area contributed by atoms with Gasteiger partial charge in [-0.15, -0.1) is 0 Å². The van der Waals surface area contributed by atoms with Crippen molar-refractivity contribution in [1.82, 2.24) is 4.31 Å². The predicted molar refractivity (Wildman–Crippen MR) is 114 cm³/mol. The predicted octanol–water partition coefficient (Wildman–Crippen LogP) is 3.49. The van der Waals surface area contributed by atoms with Crippen molar-refractivity contribution >= 4 is 27.6 Å². The minimum Gasteiger partial charge on any atom is -0.449 e. The number of benzene rings is 2. The van der Waals surface area contributed by atoms with Crippen molar-refractivity contribution in [2.45, 2.75) is 44.1 Å². The summed E-state index contributed by atoms with van der Waals surface area (Å²) in [5.74, 6) is -2.39. The molecule has 0 unspecified atom stereocenters. The Morgan fingerprint density at radius 3 is 2.35 bits per heavy atom. The van der Waals surface area contributed by atoms with Gasteiger partial charge in [-0.25, -0.2) is 17.6 Å². The highest BCUT2D eigenvalue weighted by atomic mass is 32.2. The third kappa shape index (κ3) is 5.48. The van der Waals surface area contributed by atoms with E-state index in [4.69, 9.17) is 4.74 Å². The number of rotatable bonds is 6. The lowest BCUT2D eigenvalue weighted by atomic mass is 10.2. The summed E-state index contributed by atoms with van der Waals surface area (Å²) in [7, 11) is -4.07. The molecule has 1 N–H and O–H groups in total. The second-order valence-electron chi connectivity index (χ2n) is 7.51. The number of ether oxygens (including phenoxy) is 1. The molecular weight excluding hydrogens is 423 g/mol. The normalized spacial score (nSPS) is 15.8. The molecule has 0 spiro atoms. The summed E-state index contributed by atoms with van der Waals surface area (Å²) < 4.78 is 46.3. The Morgan fingerprint density at radius 1 is 1.06 bits per heavy atom. The summed E-state index contributed by atoms with van der Waals surface area (Å²) in [6.45, 7) is 3.94. The number of piperidine rings is 1. The molecule has 3 rings (SSSR count). The number of nitrogens with zero attached hydrogens (tertiary/aromatic N) is 1. The molecule has 1 saturated heterocycles. The number of esters is 1. The van der Waals surface area contributed by atoms with E-state index in [0.29, 0.717) is 31.6 Å². The van der Waals surface area contributed by atoms with E-state index in [1.54, 1.807) is 12.1 Å². The minimum atomic E-state index is -4.07. The standard InChI is InChI=1S/C22H25FN2O5S/c1-15-6-9-18(10-7-15)24-21(26)16(2)30-22(27)17-8-11-19(23)20(14-17)31(28,29)25-12-4-3-5-13-25/h6-11,14,16H,3-5,12-13H2,1-2H3,(H,24,26)/t16-/m0/s1. The van der Waals surface area contributed by atoms with E-state index < -0.39 is 38.7 Å². The highest BCUT2D eigenvalue weighted by Gasteiger charge is 2.30. The Morgan fingerprint density at radius 2 is 1.71 bits per heavy atom. The van der Waals surface area contributed by atoms with Crippen LogP contribution in [0.25, 0.3) is 0 Å². The van der Waals surface area contributed by atoms with Gasteiger partial charge < -0.3 is 10.1 Å². The zero-order valence-electron chi connectivity index (χ0n) is 17.4. The molecule has 0 aliphatic carbocycles. The molecule has 1 aliphatic rings. The molecular formula is C22H25FN2O5S. The van der Waals surface area contributed by atoms with Crippen molar-refractivity contribution in [3.05, 3.63) is 59.4 Å². The van der Waals surface area contributed by atoms with Crippen LogP contribution in [0.2, 0.25) is 0 Å². The minimum absolute atomic E-state index is 0.146. The van der Waals surface area contributed by atoms with E-state index >= 15 is 0 Å². The lowest BCUT2D eigenvalue weighted by Crippen LogP contribution is -2.36. The fourth-order valence-electron chi connectivity index (χ4n) is 3.24. The lowest BCUT2D eigenvalue weighted by molar-refractivity contribution is -0.123. The van der Waals surface area contributed by atoms with Crippen LogP contribution in [0.5, 0.6) is 0 Å². The van der Waals surface area contributed by atoms with Crippen molar-refractivity contribution in [3.63, 3.8) is 0 Å². The van der Waals surface area contributed by atoms with E-state index in [1.807, 2.05) is 19.1 Å². The number of carbonyl (C=O) groups excluding carboxylic acids is 2. The van der Waals surface area contributed by atoms with Gasteiger partial charge in [0.05, 0.1) is 5.56 Å². The second-order valence-corrected chi connectivity index (χ2v) is 9.42. The Balaban J connectivity index is 1.72. The van der Waals surface area contributed by atoms with Crippen LogP contribution >= 0.6 is 0 Å². The molecule has 2 aromatic rings. The smallest absolute Gasteiger partial charge is 0.338 e. The molecule has 0 aromatic heterocycles. The number of anilines is 1. The molecule has 7 nitrogen and oxygen atoms in total. The zero-order chi connectivity index (χ0) is 22.6. The average molecular weight is 449 g/mol.